The molecule has 0 N–H and O–H groups in total. The van der Waals surface area contributed by atoms with Gasteiger partial charge in [-0.1, -0.05) is 12.1 Å². The molecule has 1 aromatic heterocycles. The van der Waals surface area contributed by atoms with Crippen molar-refractivity contribution in [1.29, 1.82) is 0 Å². The lowest BCUT2D eigenvalue weighted by molar-refractivity contribution is 0.328. The van der Waals surface area contributed by atoms with Gasteiger partial charge in [0, 0.05) is 31.4 Å². The molecule has 0 fully saturated rings. The minimum absolute atomic E-state index is 0.282. The van der Waals surface area contributed by atoms with Crippen molar-refractivity contribution in [2.24, 2.45) is 0 Å². The molecule has 0 radical (unpaired) electrons. The minimum Gasteiger partial charge on any atom is -0.494 e. The maximum Gasteiger partial charge on any atom is 0.165 e. The second-order valence-electron chi connectivity index (χ2n) is 4.78. The lowest BCUT2D eigenvalue weighted by Gasteiger charge is -2.16. The predicted octanol–water partition coefficient (Wildman–Crippen LogP) is 2.90. The summed E-state index contributed by atoms with van der Waals surface area (Å²) in [5.74, 6) is -0.0342. The van der Waals surface area contributed by atoms with E-state index in [0.29, 0.717) is 6.54 Å². The number of likely N-dealkylation sites (N-methyl/N-ethyl adjacent to an activating group) is 1. The second-order valence-corrected chi connectivity index (χ2v) is 4.78. The summed E-state index contributed by atoms with van der Waals surface area (Å²) in [7, 11) is 3.49. The number of aromatic nitrogens is 1. The van der Waals surface area contributed by atoms with Gasteiger partial charge < -0.3 is 9.64 Å². The van der Waals surface area contributed by atoms with E-state index < -0.39 is 0 Å². The summed E-state index contributed by atoms with van der Waals surface area (Å²) in [6, 6.07) is 11.0. The molecule has 0 aliphatic rings. The Balaban J connectivity index is 1.88. The number of nitrogens with zero attached hydrogens (tertiary/aromatic N) is 2. The van der Waals surface area contributed by atoms with Gasteiger partial charge in [-0.25, -0.2) is 4.39 Å². The summed E-state index contributed by atoms with van der Waals surface area (Å²) < 4.78 is 18.5. The normalized spacial score (nSPS) is 10.8. The van der Waals surface area contributed by atoms with Gasteiger partial charge >= 0.3 is 0 Å². The van der Waals surface area contributed by atoms with Crippen LogP contribution in [0.15, 0.2) is 42.6 Å². The average Bonchev–Trinajstić information content (AvgIpc) is 2.46. The molecule has 4 heteroatoms. The first-order valence-electron chi connectivity index (χ1n) is 6.60. The van der Waals surface area contributed by atoms with Crippen LogP contribution in [0.25, 0.3) is 0 Å². The Morgan fingerprint density at radius 2 is 2.10 bits per heavy atom. The lowest BCUT2D eigenvalue weighted by Crippen LogP contribution is -2.21. The van der Waals surface area contributed by atoms with Crippen molar-refractivity contribution in [2.45, 2.75) is 13.0 Å². The molecule has 0 spiro atoms. The summed E-state index contributed by atoms with van der Waals surface area (Å²) in [6.07, 6.45) is 2.68. The molecule has 1 aromatic carbocycles. The van der Waals surface area contributed by atoms with Gasteiger partial charge in [-0.05, 0) is 36.9 Å². The van der Waals surface area contributed by atoms with Crippen LogP contribution in [0, 0.1) is 5.82 Å². The fraction of sp³-hybridized carbons (Fsp3) is 0.312. The average molecular weight is 274 g/mol. The molecule has 0 saturated heterocycles. The first-order chi connectivity index (χ1) is 9.69. The van der Waals surface area contributed by atoms with Crippen molar-refractivity contribution in [1.82, 2.24) is 9.88 Å². The molecule has 0 aliphatic carbocycles. The van der Waals surface area contributed by atoms with Gasteiger partial charge in [0.15, 0.2) is 11.6 Å². The largest absolute Gasteiger partial charge is 0.494 e. The molecular weight excluding hydrogens is 255 g/mol. The van der Waals surface area contributed by atoms with E-state index in [1.54, 1.807) is 12.3 Å². The van der Waals surface area contributed by atoms with Crippen LogP contribution in [0.3, 0.4) is 0 Å². The summed E-state index contributed by atoms with van der Waals surface area (Å²) in [5, 5.41) is 0. The number of halogens is 1. The third-order valence-electron chi connectivity index (χ3n) is 3.14. The van der Waals surface area contributed by atoms with Crippen LogP contribution in [0.1, 0.15) is 11.3 Å². The van der Waals surface area contributed by atoms with Crippen LogP contribution in [0.2, 0.25) is 0 Å². The van der Waals surface area contributed by atoms with Gasteiger partial charge in [0.1, 0.15) is 0 Å². The van der Waals surface area contributed by atoms with Gasteiger partial charge in [-0.15, -0.1) is 0 Å². The highest BCUT2D eigenvalue weighted by atomic mass is 19.1. The molecule has 106 valence electrons. The maximum absolute atomic E-state index is 13.6. The number of hydrogen-bond donors (Lipinski definition) is 0. The number of benzene rings is 1. The van der Waals surface area contributed by atoms with Crippen molar-refractivity contribution in [3.05, 3.63) is 59.7 Å². The van der Waals surface area contributed by atoms with Crippen LogP contribution in [0.4, 0.5) is 4.39 Å². The zero-order chi connectivity index (χ0) is 14.4. The van der Waals surface area contributed by atoms with E-state index in [1.165, 1.54) is 13.2 Å². The van der Waals surface area contributed by atoms with Crippen LogP contribution >= 0.6 is 0 Å². The molecule has 2 aromatic rings. The third kappa shape index (κ3) is 4.03. The molecule has 0 bridgehead atoms. The smallest absolute Gasteiger partial charge is 0.165 e. The van der Waals surface area contributed by atoms with Crippen molar-refractivity contribution in [2.75, 3.05) is 20.7 Å². The zero-order valence-corrected chi connectivity index (χ0v) is 11.8. The van der Waals surface area contributed by atoms with Crippen molar-refractivity contribution in [3.63, 3.8) is 0 Å². The third-order valence-corrected chi connectivity index (χ3v) is 3.14. The van der Waals surface area contributed by atoms with E-state index in [4.69, 9.17) is 4.74 Å². The number of hydrogen-bond acceptors (Lipinski definition) is 3. The molecule has 3 nitrogen and oxygen atoms in total. The van der Waals surface area contributed by atoms with Crippen LogP contribution in [0.5, 0.6) is 5.75 Å². The number of methoxy groups -OCH3 is 1. The van der Waals surface area contributed by atoms with Gasteiger partial charge in [0.05, 0.1) is 7.11 Å². The first kappa shape index (κ1) is 14.5. The highest BCUT2D eigenvalue weighted by Gasteiger charge is 2.06. The Bertz CT molecular complexity index is 545. The maximum atomic E-state index is 13.6. The first-order valence-corrected chi connectivity index (χ1v) is 6.60. The Morgan fingerprint density at radius 3 is 2.75 bits per heavy atom. The van der Waals surface area contributed by atoms with Crippen LogP contribution < -0.4 is 4.74 Å². The summed E-state index contributed by atoms with van der Waals surface area (Å²) in [4.78, 5) is 6.44. The van der Waals surface area contributed by atoms with E-state index in [0.717, 1.165) is 24.2 Å². The summed E-state index contributed by atoms with van der Waals surface area (Å²) in [5.41, 5.74) is 2.01. The van der Waals surface area contributed by atoms with E-state index >= 15 is 0 Å². The van der Waals surface area contributed by atoms with Crippen LogP contribution in [-0.2, 0) is 13.0 Å². The fourth-order valence-corrected chi connectivity index (χ4v) is 2.05. The predicted molar refractivity (Wildman–Crippen MR) is 77.2 cm³/mol. The Morgan fingerprint density at radius 1 is 1.25 bits per heavy atom. The molecular formula is C16H19FN2O. The Kier molecular flexibility index (Phi) is 5.07. The van der Waals surface area contributed by atoms with Gasteiger partial charge in [0.25, 0.3) is 0 Å². The molecule has 0 saturated carbocycles. The van der Waals surface area contributed by atoms with Crippen LogP contribution in [-0.4, -0.2) is 30.6 Å². The Hall–Kier alpha value is -1.94. The van der Waals surface area contributed by atoms with E-state index in [2.05, 4.69) is 9.88 Å². The standard InChI is InChI=1S/C16H19FN2O/c1-19(10-8-14-5-3-4-9-18-14)12-13-6-7-16(20-2)15(17)11-13/h3-7,9,11H,8,10,12H2,1-2H3. The van der Waals surface area contributed by atoms with Crippen molar-refractivity contribution in [3.8, 4) is 5.75 Å². The Labute approximate surface area is 119 Å². The molecule has 0 amide bonds. The molecule has 0 atom stereocenters. The minimum atomic E-state index is -0.317. The molecule has 2 rings (SSSR count). The highest BCUT2D eigenvalue weighted by Crippen LogP contribution is 2.18. The number of ether oxygens (including phenoxy) is 1. The van der Waals surface area contributed by atoms with Gasteiger partial charge in [-0.2, -0.15) is 0 Å². The lowest BCUT2D eigenvalue weighted by atomic mass is 10.2. The van der Waals surface area contributed by atoms with Gasteiger partial charge in [0.2, 0.25) is 0 Å². The SMILES string of the molecule is COc1ccc(CN(C)CCc2ccccn2)cc1F. The van der Waals surface area contributed by atoms with Crippen molar-refractivity contribution < 1.29 is 9.13 Å². The van der Waals surface area contributed by atoms with E-state index in [-0.39, 0.29) is 11.6 Å². The van der Waals surface area contributed by atoms with Crippen molar-refractivity contribution >= 4 is 0 Å². The topological polar surface area (TPSA) is 25.4 Å². The molecule has 20 heavy (non-hydrogen) atoms. The molecule has 0 unspecified atom stereocenters. The van der Waals surface area contributed by atoms with E-state index in [9.17, 15) is 4.39 Å². The number of pyridine rings is 1. The molecule has 1 heterocycles. The highest BCUT2D eigenvalue weighted by molar-refractivity contribution is 5.29. The quantitative estimate of drug-likeness (QED) is 0.810. The summed E-state index contributed by atoms with van der Waals surface area (Å²) in [6.45, 7) is 1.58. The monoisotopic (exact) mass is 274 g/mol. The van der Waals surface area contributed by atoms with Gasteiger partial charge in [-0.3, -0.25) is 4.98 Å². The summed E-state index contributed by atoms with van der Waals surface area (Å²) >= 11 is 0. The van der Waals surface area contributed by atoms with E-state index in [1.807, 2.05) is 31.3 Å². The second kappa shape index (κ2) is 7.01. The number of rotatable bonds is 6. The fourth-order valence-electron chi connectivity index (χ4n) is 2.05. The zero-order valence-electron chi connectivity index (χ0n) is 11.8. The molecule has 0 aliphatic heterocycles.